The van der Waals surface area contributed by atoms with Gasteiger partial charge in [0.1, 0.15) is 5.60 Å². The van der Waals surface area contributed by atoms with Crippen LogP contribution >= 0.6 is 12.6 Å². The van der Waals surface area contributed by atoms with Crippen LogP contribution in [0, 0.1) is 13.8 Å². The predicted molar refractivity (Wildman–Crippen MR) is 106 cm³/mol. The topological polar surface area (TPSA) is 81.5 Å². The fraction of sp³-hybridized carbons (Fsp3) is 0.611. The van der Waals surface area contributed by atoms with E-state index >= 15 is 0 Å². The first-order valence-corrected chi connectivity index (χ1v) is 9.14. The lowest BCUT2D eigenvalue weighted by Gasteiger charge is -2.38. The summed E-state index contributed by atoms with van der Waals surface area (Å²) in [6, 6.07) is 1.96. The average Bonchev–Trinajstić information content (AvgIpc) is 2.56. The molecule has 8 heteroatoms. The monoisotopic (exact) mass is 377 g/mol. The molecule has 1 amide bonds. The highest BCUT2D eigenvalue weighted by Gasteiger charge is 2.27. The van der Waals surface area contributed by atoms with E-state index in [4.69, 9.17) is 10.3 Å². The first-order chi connectivity index (χ1) is 12.1. The van der Waals surface area contributed by atoms with Crippen LogP contribution in [-0.2, 0) is 11.3 Å². The number of hydrogen-bond acceptors (Lipinski definition) is 5. The van der Waals surface area contributed by atoms with Crippen LogP contribution < -0.4 is 4.90 Å². The number of thiol groups is 1. The van der Waals surface area contributed by atoms with E-state index < -0.39 is 5.60 Å². The van der Waals surface area contributed by atoms with E-state index in [-0.39, 0.29) is 6.09 Å². The van der Waals surface area contributed by atoms with E-state index in [0.717, 1.165) is 40.4 Å². The van der Waals surface area contributed by atoms with Gasteiger partial charge in [-0.3, -0.25) is 0 Å². The molecule has 1 saturated heterocycles. The number of nitrogens with zero attached hydrogens (tertiary/aromatic N) is 5. The molecule has 1 fully saturated rings. The fourth-order valence-corrected chi connectivity index (χ4v) is 3.38. The van der Waals surface area contributed by atoms with Crippen molar-refractivity contribution in [1.82, 2.24) is 4.90 Å². The molecule has 142 valence electrons. The number of ether oxygens (including phenoxy) is 1. The molecule has 26 heavy (non-hydrogen) atoms. The summed E-state index contributed by atoms with van der Waals surface area (Å²) in [5.41, 5.74) is 12.4. The standard InChI is InChI=1S/C18H27N5O2S/c1-12-14(11-20-21-19)10-15(26)13(2)16(12)22-6-8-23(9-7-22)17(24)25-18(3,4)5/h10,26H,6-9,11H2,1-5H3. The number of hydrogen-bond donors (Lipinski definition) is 1. The molecule has 1 aliphatic rings. The molecule has 0 saturated carbocycles. The molecular formula is C18H27N5O2S. The molecule has 0 spiro atoms. The molecule has 1 aromatic rings. The Labute approximate surface area is 160 Å². The third-order valence-electron chi connectivity index (χ3n) is 4.44. The fourth-order valence-electron chi connectivity index (χ4n) is 3.12. The summed E-state index contributed by atoms with van der Waals surface area (Å²) in [7, 11) is 0. The molecular weight excluding hydrogens is 350 g/mol. The lowest BCUT2D eigenvalue weighted by Crippen LogP contribution is -2.50. The van der Waals surface area contributed by atoms with Crippen molar-refractivity contribution >= 4 is 24.4 Å². The van der Waals surface area contributed by atoms with Crippen LogP contribution in [0.4, 0.5) is 10.5 Å². The minimum atomic E-state index is -0.488. The van der Waals surface area contributed by atoms with Gasteiger partial charge in [-0.05, 0) is 62.9 Å². The highest BCUT2D eigenvalue weighted by atomic mass is 32.1. The normalized spacial score (nSPS) is 14.8. The Bertz CT molecular complexity index is 730. The maximum absolute atomic E-state index is 12.2. The van der Waals surface area contributed by atoms with Crippen LogP contribution in [0.2, 0.25) is 0 Å². The summed E-state index contributed by atoms with van der Waals surface area (Å²) in [5, 5.41) is 3.69. The van der Waals surface area contributed by atoms with Gasteiger partial charge in [0.25, 0.3) is 0 Å². The van der Waals surface area contributed by atoms with E-state index in [9.17, 15) is 4.79 Å². The lowest BCUT2D eigenvalue weighted by molar-refractivity contribution is 0.0240. The minimum Gasteiger partial charge on any atom is -0.444 e. The molecule has 0 unspecified atom stereocenters. The van der Waals surface area contributed by atoms with Crippen LogP contribution in [0.3, 0.4) is 0 Å². The number of carbonyl (C=O) groups is 1. The smallest absolute Gasteiger partial charge is 0.410 e. The zero-order valence-electron chi connectivity index (χ0n) is 16.1. The third kappa shape index (κ3) is 4.77. The molecule has 1 aliphatic heterocycles. The minimum absolute atomic E-state index is 0.266. The second-order valence-corrected chi connectivity index (χ2v) is 7.98. The first kappa shape index (κ1) is 20.3. The van der Waals surface area contributed by atoms with Crippen molar-refractivity contribution in [1.29, 1.82) is 0 Å². The van der Waals surface area contributed by atoms with Crippen molar-refractivity contribution in [2.75, 3.05) is 31.1 Å². The van der Waals surface area contributed by atoms with Crippen molar-refractivity contribution in [3.8, 4) is 0 Å². The van der Waals surface area contributed by atoms with Gasteiger partial charge in [-0.2, -0.15) is 0 Å². The van der Waals surface area contributed by atoms with Gasteiger partial charge >= 0.3 is 6.09 Å². The molecule has 0 aliphatic carbocycles. The van der Waals surface area contributed by atoms with Crippen LogP contribution in [0.5, 0.6) is 0 Å². The highest BCUT2D eigenvalue weighted by molar-refractivity contribution is 7.80. The summed E-state index contributed by atoms with van der Waals surface area (Å²) >= 11 is 4.58. The third-order valence-corrected chi connectivity index (χ3v) is 4.90. The van der Waals surface area contributed by atoms with Gasteiger partial charge in [0.2, 0.25) is 0 Å². The number of azide groups is 1. The Balaban J connectivity index is 2.17. The van der Waals surface area contributed by atoms with Crippen molar-refractivity contribution in [2.45, 2.75) is 51.7 Å². The summed E-state index contributed by atoms with van der Waals surface area (Å²) in [4.78, 5) is 20.0. The number of amides is 1. The molecule has 0 atom stereocenters. The quantitative estimate of drug-likeness (QED) is 0.365. The van der Waals surface area contributed by atoms with Gasteiger partial charge in [0, 0.05) is 41.7 Å². The average molecular weight is 378 g/mol. The molecule has 0 aromatic heterocycles. The van der Waals surface area contributed by atoms with Gasteiger partial charge in [0.15, 0.2) is 0 Å². The van der Waals surface area contributed by atoms with Gasteiger partial charge in [-0.25, -0.2) is 4.79 Å². The molecule has 1 aromatic carbocycles. The summed E-state index contributed by atoms with van der Waals surface area (Å²) < 4.78 is 5.46. The number of anilines is 1. The Morgan fingerprint density at radius 3 is 2.42 bits per heavy atom. The second-order valence-electron chi connectivity index (χ2n) is 7.50. The maximum atomic E-state index is 12.2. The summed E-state index contributed by atoms with van der Waals surface area (Å²) in [6.07, 6.45) is -0.266. The molecule has 0 radical (unpaired) electrons. The number of benzene rings is 1. The van der Waals surface area contributed by atoms with Crippen molar-refractivity contribution < 1.29 is 9.53 Å². The number of rotatable bonds is 3. The Hall–Kier alpha value is -2.05. The van der Waals surface area contributed by atoms with Crippen LogP contribution in [0.1, 0.15) is 37.5 Å². The van der Waals surface area contributed by atoms with Gasteiger partial charge in [0.05, 0.1) is 6.54 Å². The number of piperazine rings is 1. The van der Waals surface area contributed by atoms with Gasteiger partial charge in [-0.1, -0.05) is 5.11 Å². The predicted octanol–water partition coefficient (Wildman–Crippen LogP) is 4.46. The van der Waals surface area contributed by atoms with Crippen molar-refractivity contribution in [3.05, 3.63) is 33.2 Å². The zero-order chi connectivity index (χ0) is 19.5. The Morgan fingerprint density at radius 1 is 1.27 bits per heavy atom. The number of carbonyl (C=O) groups excluding carboxylic acids is 1. The molecule has 1 heterocycles. The Kier molecular flexibility index (Phi) is 6.31. The van der Waals surface area contributed by atoms with E-state index in [1.54, 1.807) is 4.90 Å². The van der Waals surface area contributed by atoms with Gasteiger partial charge in [-0.15, -0.1) is 12.6 Å². The SMILES string of the molecule is Cc1c(S)cc(CN=[N+]=[N-])c(C)c1N1CCN(C(=O)OC(C)(C)C)CC1. The van der Waals surface area contributed by atoms with Crippen molar-refractivity contribution in [3.63, 3.8) is 0 Å². The summed E-state index contributed by atoms with van der Waals surface area (Å²) in [5.74, 6) is 0. The largest absolute Gasteiger partial charge is 0.444 e. The van der Waals surface area contributed by atoms with Crippen LogP contribution in [0.15, 0.2) is 16.1 Å². The van der Waals surface area contributed by atoms with E-state index in [1.165, 1.54) is 0 Å². The lowest BCUT2D eigenvalue weighted by atomic mass is 10.0. The summed E-state index contributed by atoms with van der Waals surface area (Å²) in [6.45, 7) is 12.7. The molecule has 2 rings (SSSR count). The highest BCUT2D eigenvalue weighted by Crippen LogP contribution is 2.33. The molecule has 0 N–H and O–H groups in total. The van der Waals surface area contributed by atoms with E-state index in [0.29, 0.717) is 19.6 Å². The first-order valence-electron chi connectivity index (χ1n) is 8.70. The molecule has 7 nitrogen and oxygen atoms in total. The zero-order valence-corrected chi connectivity index (χ0v) is 17.0. The maximum Gasteiger partial charge on any atom is 0.410 e. The van der Waals surface area contributed by atoms with Crippen LogP contribution in [0.25, 0.3) is 10.4 Å². The van der Waals surface area contributed by atoms with E-state index in [1.807, 2.05) is 40.7 Å². The Morgan fingerprint density at radius 2 is 1.88 bits per heavy atom. The second kappa shape index (κ2) is 8.10. The molecule has 0 bridgehead atoms. The van der Waals surface area contributed by atoms with Gasteiger partial charge < -0.3 is 14.5 Å². The van der Waals surface area contributed by atoms with E-state index in [2.05, 4.69) is 27.6 Å². The van der Waals surface area contributed by atoms with Crippen molar-refractivity contribution in [2.24, 2.45) is 5.11 Å². The van der Waals surface area contributed by atoms with Crippen LogP contribution in [-0.4, -0.2) is 42.8 Å².